The van der Waals surface area contributed by atoms with Crippen molar-refractivity contribution >= 4 is 12.0 Å². The molecular formula is C12H22N2O3. The number of nitrogens with zero attached hydrogens (tertiary/aromatic N) is 1. The summed E-state index contributed by atoms with van der Waals surface area (Å²) in [6.07, 6.45) is 1.93. The molecule has 0 saturated carbocycles. The van der Waals surface area contributed by atoms with Crippen LogP contribution in [-0.4, -0.2) is 40.1 Å². The van der Waals surface area contributed by atoms with Crippen molar-refractivity contribution in [3.63, 3.8) is 0 Å². The van der Waals surface area contributed by atoms with Crippen LogP contribution in [0.5, 0.6) is 0 Å². The van der Waals surface area contributed by atoms with Crippen molar-refractivity contribution in [3.05, 3.63) is 0 Å². The van der Waals surface area contributed by atoms with Gasteiger partial charge in [0.15, 0.2) is 0 Å². The van der Waals surface area contributed by atoms with E-state index >= 15 is 0 Å². The van der Waals surface area contributed by atoms with E-state index in [-0.39, 0.29) is 17.5 Å². The fourth-order valence-electron chi connectivity index (χ4n) is 2.21. The van der Waals surface area contributed by atoms with Gasteiger partial charge >= 0.3 is 12.0 Å². The highest BCUT2D eigenvalue weighted by Gasteiger charge is 2.37. The van der Waals surface area contributed by atoms with E-state index in [4.69, 9.17) is 5.11 Å². The molecule has 2 amide bonds. The summed E-state index contributed by atoms with van der Waals surface area (Å²) in [7, 11) is 0. The van der Waals surface area contributed by atoms with Gasteiger partial charge in [-0.2, -0.15) is 0 Å². The van der Waals surface area contributed by atoms with Crippen molar-refractivity contribution in [1.82, 2.24) is 10.2 Å². The molecule has 0 aromatic rings. The maximum Gasteiger partial charge on any atom is 0.326 e. The number of rotatable bonds is 3. The largest absolute Gasteiger partial charge is 0.480 e. The predicted octanol–water partition coefficient (Wildman–Crippen LogP) is 1.68. The Labute approximate surface area is 102 Å². The zero-order chi connectivity index (χ0) is 13.2. The highest BCUT2D eigenvalue weighted by atomic mass is 16.4. The molecule has 0 aromatic heterocycles. The zero-order valence-corrected chi connectivity index (χ0v) is 11.0. The Morgan fingerprint density at radius 1 is 1.35 bits per heavy atom. The van der Waals surface area contributed by atoms with Gasteiger partial charge in [0.2, 0.25) is 0 Å². The average molecular weight is 242 g/mol. The minimum Gasteiger partial charge on any atom is -0.480 e. The third-order valence-corrected chi connectivity index (χ3v) is 3.36. The van der Waals surface area contributed by atoms with Gasteiger partial charge in [-0.3, -0.25) is 0 Å². The number of carboxylic acid groups (broad SMARTS) is 1. The second-order valence-corrected chi connectivity index (χ2v) is 5.58. The van der Waals surface area contributed by atoms with Gasteiger partial charge < -0.3 is 15.3 Å². The van der Waals surface area contributed by atoms with Crippen LogP contribution in [0, 0.1) is 5.92 Å². The fourth-order valence-corrected chi connectivity index (χ4v) is 2.21. The lowest BCUT2D eigenvalue weighted by atomic mass is 10.0. The van der Waals surface area contributed by atoms with Gasteiger partial charge in [-0.15, -0.1) is 0 Å². The molecule has 1 atom stereocenters. The number of likely N-dealkylation sites (tertiary alicyclic amines) is 1. The number of carbonyl (C=O) groups is 2. The first-order valence-corrected chi connectivity index (χ1v) is 6.06. The van der Waals surface area contributed by atoms with E-state index in [9.17, 15) is 9.59 Å². The maximum atomic E-state index is 12.0. The summed E-state index contributed by atoms with van der Waals surface area (Å²) in [5, 5.41) is 11.6. The van der Waals surface area contributed by atoms with Crippen LogP contribution in [0.1, 0.15) is 40.5 Å². The van der Waals surface area contributed by atoms with Crippen molar-refractivity contribution in [1.29, 1.82) is 0 Å². The van der Waals surface area contributed by atoms with E-state index in [0.717, 1.165) is 12.8 Å². The molecule has 2 N–H and O–H groups in total. The molecule has 0 aromatic carbocycles. The van der Waals surface area contributed by atoms with Crippen LogP contribution in [0.25, 0.3) is 0 Å². The van der Waals surface area contributed by atoms with Crippen LogP contribution in [-0.2, 0) is 4.79 Å². The van der Waals surface area contributed by atoms with Gasteiger partial charge in [-0.25, -0.2) is 9.59 Å². The normalized spacial score (nSPS) is 20.4. The Balaban J connectivity index is 2.68. The minimum atomic E-state index is -0.981. The average Bonchev–Trinajstić information content (AvgIpc) is 2.53. The molecule has 0 bridgehead atoms. The van der Waals surface area contributed by atoms with E-state index in [1.807, 2.05) is 13.8 Å². The minimum absolute atomic E-state index is 0.123. The molecule has 1 fully saturated rings. The van der Waals surface area contributed by atoms with E-state index in [2.05, 4.69) is 5.32 Å². The number of nitrogens with one attached hydrogen (secondary N) is 1. The molecule has 1 unspecified atom stereocenters. The first-order valence-electron chi connectivity index (χ1n) is 6.06. The van der Waals surface area contributed by atoms with Crippen molar-refractivity contribution in [2.24, 2.45) is 5.92 Å². The Kier molecular flexibility index (Phi) is 4.01. The molecule has 5 nitrogen and oxygen atoms in total. The summed E-state index contributed by atoms with van der Waals surface area (Å²) in [5.41, 5.74) is -0.176. The number of urea groups is 1. The smallest absolute Gasteiger partial charge is 0.326 e. The second-order valence-electron chi connectivity index (χ2n) is 5.58. The van der Waals surface area contributed by atoms with Gasteiger partial charge in [0.1, 0.15) is 6.04 Å². The third kappa shape index (κ3) is 3.11. The summed E-state index contributed by atoms with van der Waals surface area (Å²) in [5.74, 6) is -1.10. The Hall–Kier alpha value is -1.26. The molecule has 0 aliphatic carbocycles. The quantitative estimate of drug-likeness (QED) is 0.791. The summed E-state index contributed by atoms with van der Waals surface area (Å²) >= 11 is 0. The summed E-state index contributed by atoms with van der Waals surface area (Å²) in [4.78, 5) is 24.8. The highest BCUT2D eigenvalue weighted by Crippen LogP contribution is 2.28. The number of carboxylic acids is 1. The number of aliphatic carboxylic acids is 1. The van der Waals surface area contributed by atoms with Crippen LogP contribution in [0.2, 0.25) is 0 Å². The highest BCUT2D eigenvalue weighted by molar-refractivity contribution is 5.83. The molecule has 0 spiro atoms. The van der Waals surface area contributed by atoms with Crippen LogP contribution >= 0.6 is 0 Å². The summed E-state index contributed by atoms with van der Waals surface area (Å²) in [6, 6.07) is -1.09. The van der Waals surface area contributed by atoms with Gasteiger partial charge in [-0.1, -0.05) is 13.8 Å². The van der Waals surface area contributed by atoms with E-state index in [0.29, 0.717) is 6.54 Å². The van der Waals surface area contributed by atoms with Gasteiger partial charge in [0.25, 0.3) is 0 Å². The van der Waals surface area contributed by atoms with Gasteiger partial charge in [-0.05, 0) is 32.6 Å². The monoisotopic (exact) mass is 242 g/mol. The topological polar surface area (TPSA) is 69.6 Å². The molecule has 5 heteroatoms. The van der Waals surface area contributed by atoms with Gasteiger partial charge in [0.05, 0.1) is 0 Å². The Morgan fingerprint density at radius 3 is 2.29 bits per heavy atom. The van der Waals surface area contributed by atoms with E-state index in [1.54, 1.807) is 18.7 Å². The Morgan fingerprint density at radius 2 is 1.94 bits per heavy atom. The van der Waals surface area contributed by atoms with Crippen molar-refractivity contribution in [3.8, 4) is 0 Å². The Bertz CT molecular complexity index is 313. The molecule has 1 aliphatic rings. The lowest BCUT2D eigenvalue weighted by Crippen LogP contribution is -2.53. The number of hydrogen-bond donors (Lipinski definition) is 2. The maximum absolute atomic E-state index is 12.0. The van der Waals surface area contributed by atoms with Crippen molar-refractivity contribution in [2.45, 2.75) is 52.1 Å². The molecule has 17 heavy (non-hydrogen) atoms. The molecule has 1 rings (SSSR count). The molecule has 1 saturated heterocycles. The fraction of sp³-hybridized carbons (Fsp3) is 0.833. The van der Waals surface area contributed by atoms with Gasteiger partial charge in [0, 0.05) is 12.1 Å². The lowest BCUT2D eigenvalue weighted by Gasteiger charge is -2.33. The van der Waals surface area contributed by atoms with Crippen LogP contribution < -0.4 is 5.32 Å². The zero-order valence-electron chi connectivity index (χ0n) is 11.0. The van der Waals surface area contributed by atoms with Crippen LogP contribution in [0.4, 0.5) is 4.79 Å². The number of hydrogen-bond acceptors (Lipinski definition) is 2. The predicted molar refractivity (Wildman–Crippen MR) is 64.8 cm³/mol. The van der Waals surface area contributed by atoms with Crippen LogP contribution in [0.15, 0.2) is 0 Å². The van der Waals surface area contributed by atoms with Crippen molar-refractivity contribution < 1.29 is 14.7 Å². The van der Waals surface area contributed by atoms with E-state index in [1.165, 1.54) is 0 Å². The first kappa shape index (κ1) is 13.8. The van der Waals surface area contributed by atoms with Crippen LogP contribution in [0.3, 0.4) is 0 Å². The first-order chi connectivity index (χ1) is 7.75. The SMILES string of the molecule is CC(C)C(NC(=O)N1CCCC1(C)C)C(=O)O. The molecule has 1 aliphatic heterocycles. The third-order valence-electron chi connectivity index (χ3n) is 3.36. The molecule has 98 valence electrons. The molecular weight excluding hydrogens is 220 g/mol. The number of carbonyl (C=O) groups excluding carboxylic acids is 1. The summed E-state index contributed by atoms with van der Waals surface area (Å²) in [6.45, 7) is 8.28. The number of amides is 2. The summed E-state index contributed by atoms with van der Waals surface area (Å²) < 4.78 is 0. The molecule has 1 heterocycles. The van der Waals surface area contributed by atoms with E-state index < -0.39 is 12.0 Å². The lowest BCUT2D eigenvalue weighted by molar-refractivity contribution is -0.140. The van der Waals surface area contributed by atoms with Crippen molar-refractivity contribution in [2.75, 3.05) is 6.54 Å². The standard InChI is InChI=1S/C12H22N2O3/c1-8(2)9(10(15)16)13-11(17)14-7-5-6-12(14,3)4/h8-9H,5-7H2,1-4H3,(H,13,17)(H,15,16). The second kappa shape index (κ2) is 4.94. The molecule has 0 radical (unpaired) electrons.